The first-order valence-electron chi connectivity index (χ1n) is 4.70. The zero-order valence-electron chi connectivity index (χ0n) is 8.39. The van der Waals surface area contributed by atoms with Gasteiger partial charge in [-0.2, -0.15) is 0 Å². The molecule has 1 fully saturated rings. The minimum Gasteiger partial charge on any atom is -0.467 e. The number of hydrogen-bond acceptors (Lipinski definition) is 3. The third-order valence-corrected chi connectivity index (χ3v) is 2.79. The zero-order valence-corrected chi connectivity index (χ0v) is 9.14. The Balaban J connectivity index is 2.74. The Bertz CT molecular complexity index is 264. The molecule has 0 aromatic carbocycles. The average Bonchev–Trinajstić information content (AvgIpc) is 2.66. The lowest BCUT2D eigenvalue weighted by Crippen LogP contribution is -2.54. The van der Waals surface area contributed by atoms with E-state index in [1.54, 1.807) is 0 Å². The summed E-state index contributed by atoms with van der Waals surface area (Å²) in [5.41, 5.74) is -3.21. The van der Waals surface area contributed by atoms with Crippen molar-refractivity contribution in [3.63, 3.8) is 0 Å². The standard InChI is InChI=1S/C9H13ClFNO3/c1-15-8(14)9(4-2-3-5-9)12-7(13)6(10)11/h6H,2-5H2,1H3,(H,12,13). The minimum atomic E-state index is -2.13. The highest BCUT2D eigenvalue weighted by Crippen LogP contribution is 2.31. The van der Waals surface area contributed by atoms with E-state index in [4.69, 9.17) is 11.6 Å². The number of halogens is 2. The molecule has 0 bridgehead atoms. The van der Waals surface area contributed by atoms with E-state index in [2.05, 4.69) is 10.1 Å². The van der Waals surface area contributed by atoms with E-state index in [0.29, 0.717) is 12.8 Å². The van der Waals surface area contributed by atoms with Crippen LogP contribution in [0.3, 0.4) is 0 Å². The smallest absolute Gasteiger partial charge is 0.331 e. The van der Waals surface area contributed by atoms with Crippen molar-refractivity contribution in [3.05, 3.63) is 0 Å². The van der Waals surface area contributed by atoms with Gasteiger partial charge in [0, 0.05) is 0 Å². The maximum absolute atomic E-state index is 12.5. The van der Waals surface area contributed by atoms with Gasteiger partial charge in [0.25, 0.3) is 11.5 Å². The molecule has 0 aliphatic heterocycles. The van der Waals surface area contributed by atoms with Crippen LogP contribution in [0.25, 0.3) is 0 Å². The molecule has 0 saturated heterocycles. The first kappa shape index (κ1) is 12.2. The van der Waals surface area contributed by atoms with Gasteiger partial charge in [-0.1, -0.05) is 24.4 Å². The maximum Gasteiger partial charge on any atom is 0.331 e. The van der Waals surface area contributed by atoms with Gasteiger partial charge in [-0.25, -0.2) is 9.18 Å². The Morgan fingerprint density at radius 3 is 2.40 bits per heavy atom. The van der Waals surface area contributed by atoms with Gasteiger partial charge in [0.2, 0.25) is 0 Å². The number of carbonyl (C=O) groups is 2. The third-order valence-electron chi connectivity index (χ3n) is 2.59. The zero-order chi connectivity index (χ0) is 11.5. The number of rotatable bonds is 3. The lowest BCUT2D eigenvalue weighted by atomic mass is 9.98. The van der Waals surface area contributed by atoms with Crippen LogP contribution in [0.2, 0.25) is 0 Å². The Kier molecular flexibility index (Phi) is 3.90. The molecule has 1 unspecified atom stereocenters. The summed E-state index contributed by atoms with van der Waals surface area (Å²) in [5, 5.41) is 2.32. The fourth-order valence-electron chi connectivity index (χ4n) is 1.84. The van der Waals surface area contributed by atoms with Gasteiger partial charge in [0.15, 0.2) is 0 Å². The van der Waals surface area contributed by atoms with Crippen molar-refractivity contribution in [2.75, 3.05) is 7.11 Å². The van der Waals surface area contributed by atoms with Crippen molar-refractivity contribution in [1.29, 1.82) is 0 Å². The molecular weight excluding hydrogens is 225 g/mol. The number of amides is 1. The molecule has 1 amide bonds. The number of methoxy groups -OCH3 is 1. The molecule has 0 aromatic rings. The van der Waals surface area contributed by atoms with Gasteiger partial charge in [0.05, 0.1) is 7.11 Å². The molecule has 1 aliphatic carbocycles. The van der Waals surface area contributed by atoms with Gasteiger partial charge in [-0.3, -0.25) is 4.79 Å². The summed E-state index contributed by atoms with van der Waals surface area (Å²) in [6.45, 7) is 0. The molecule has 1 N–H and O–H groups in total. The normalized spacial score (nSPS) is 20.7. The largest absolute Gasteiger partial charge is 0.467 e. The topological polar surface area (TPSA) is 55.4 Å². The Morgan fingerprint density at radius 1 is 1.47 bits per heavy atom. The van der Waals surface area contributed by atoms with Gasteiger partial charge in [-0.15, -0.1) is 0 Å². The van der Waals surface area contributed by atoms with Gasteiger partial charge < -0.3 is 10.1 Å². The number of carbonyl (C=O) groups excluding carboxylic acids is 2. The second-order valence-electron chi connectivity index (χ2n) is 3.57. The quantitative estimate of drug-likeness (QED) is 0.591. The molecule has 0 radical (unpaired) electrons. The van der Waals surface area contributed by atoms with Gasteiger partial charge in [0.1, 0.15) is 5.54 Å². The molecule has 1 saturated carbocycles. The van der Waals surface area contributed by atoms with Crippen molar-refractivity contribution in [2.45, 2.75) is 36.9 Å². The molecule has 4 nitrogen and oxygen atoms in total. The Labute approximate surface area is 92.1 Å². The molecule has 86 valence electrons. The fourth-order valence-corrected chi connectivity index (χ4v) is 1.90. The summed E-state index contributed by atoms with van der Waals surface area (Å²) in [4.78, 5) is 22.6. The lowest BCUT2D eigenvalue weighted by Gasteiger charge is -2.27. The molecule has 1 aliphatic rings. The number of esters is 1. The predicted octanol–water partition coefficient (Wildman–Crippen LogP) is 1.12. The van der Waals surface area contributed by atoms with Crippen LogP contribution in [-0.4, -0.2) is 30.2 Å². The fraction of sp³-hybridized carbons (Fsp3) is 0.778. The lowest BCUT2D eigenvalue weighted by molar-refractivity contribution is -0.151. The highest BCUT2D eigenvalue weighted by atomic mass is 35.5. The summed E-state index contributed by atoms with van der Waals surface area (Å²) < 4.78 is 17.1. The van der Waals surface area contributed by atoms with E-state index >= 15 is 0 Å². The molecule has 1 rings (SSSR count). The van der Waals surface area contributed by atoms with Crippen LogP contribution in [-0.2, 0) is 14.3 Å². The van der Waals surface area contributed by atoms with E-state index < -0.39 is 23.0 Å². The molecule has 1 atom stereocenters. The highest BCUT2D eigenvalue weighted by molar-refractivity contribution is 6.29. The van der Waals surface area contributed by atoms with Gasteiger partial charge in [-0.05, 0) is 12.8 Å². The molecule has 0 aromatic heterocycles. The van der Waals surface area contributed by atoms with Crippen molar-refractivity contribution < 1.29 is 18.7 Å². The molecule has 0 spiro atoms. The van der Waals surface area contributed by atoms with E-state index in [0.717, 1.165) is 12.8 Å². The van der Waals surface area contributed by atoms with Crippen molar-refractivity contribution in [3.8, 4) is 0 Å². The van der Waals surface area contributed by atoms with Gasteiger partial charge >= 0.3 is 5.97 Å². The molecule has 0 heterocycles. The number of nitrogens with one attached hydrogen (secondary N) is 1. The Morgan fingerprint density at radius 2 is 2.00 bits per heavy atom. The number of alkyl halides is 2. The summed E-state index contributed by atoms with van der Waals surface area (Å²) in [5.74, 6) is -1.52. The van der Waals surface area contributed by atoms with Crippen molar-refractivity contribution in [1.82, 2.24) is 5.32 Å². The predicted molar refractivity (Wildman–Crippen MR) is 52.1 cm³/mol. The van der Waals surface area contributed by atoms with E-state index in [1.165, 1.54) is 7.11 Å². The summed E-state index contributed by atoms with van der Waals surface area (Å²) in [6, 6.07) is 0. The number of hydrogen-bond donors (Lipinski definition) is 1. The van der Waals surface area contributed by atoms with Crippen LogP contribution in [0.5, 0.6) is 0 Å². The van der Waals surface area contributed by atoms with Crippen LogP contribution in [0.1, 0.15) is 25.7 Å². The van der Waals surface area contributed by atoms with Crippen LogP contribution < -0.4 is 5.32 Å². The van der Waals surface area contributed by atoms with E-state index in [1.807, 2.05) is 0 Å². The van der Waals surface area contributed by atoms with Crippen molar-refractivity contribution >= 4 is 23.5 Å². The van der Waals surface area contributed by atoms with Crippen LogP contribution in [0.15, 0.2) is 0 Å². The monoisotopic (exact) mass is 237 g/mol. The SMILES string of the molecule is COC(=O)C1(NC(=O)C(F)Cl)CCCC1. The second-order valence-corrected chi connectivity index (χ2v) is 3.95. The third kappa shape index (κ3) is 2.59. The summed E-state index contributed by atoms with van der Waals surface area (Å²) in [7, 11) is 1.24. The first-order valence-corrected chi connectivity index (χ1v) is 5.14. The van der Waals surface area contributed by atoms with E-state index in [-0.39, 0.29) is 0 Å². The van der Waals surface area contributed by atoms with Crippen LogP contribution in [0, 0.1) is 0 Å². The maximum atomic E-state index is 12.5. The molecule has 15 heavy (non-hydrogen) atoms. The van der Waals surface area contributed by atoms with Crippen LogP contribution >= 0.6 is 11.6 Å². The highest BCUT2D eigenvalue weighted by Gasteiger charge is 2.44. The van der Waals surface area contributed by atoms with E-state index in [9.17, 15) is 14.0 Å². The molecule has 6 heteroatoms. The first-order chi connectivity index (χ1) is 7.02. The number of ether oxygens (including phenoxy) is 1. The molecular formula is C9H13ClFNO3. The summed E-state index contributed by atoms with van der Waals surface area (Å²) in [6.07, 6.45) is 2.54. The second kappa shape index (κ2) is 4.79. The summed E-state index contributed by atoms with van der Waals surface area (Å²) >= 11 is 4.99. The minimum absolute atomic E-state index is 0.467. The van der Waals surface area contributed by atoms with Crippen LogP contribution in [0.4, 0.5) is 4.39 Å². The van der Waals surface area contributed by atoms with Crippen molar-refractivity contribution in [2.24, 2.45) is 0 Å². The average molecular weight is 238 g/mol. The Hall–Kier alpha value is -0.840.